The van der Waals surface area contributed by atoms with Gasteiger partial charge < -0.3 is 44.0 Å². The highest BCUT2D eigenvalue weighted by molar-refractivity contribution is 7.45. The molecule has 1 aromatic rings. The quantitative estimate of drug-likeness (QED) is 0.252. The van der Waals surface area contributed by atoms with E-state index in [4.69, 9.17) is 57.7 Å². The lowest BCUT2D eigenvalue weighted by molar-refractivity contribution is 0.272. The number of hydrogen-bond acceptors (Lipinski definition) is 3. The minimum absolute atomic E-state index is 1.35. The fourth-order valence-electron chi connectivity index (χ4n) is 1.20. The van der Waals surface area contributed by atoms with E-state index in [1.807, 2.05) is 0 Å². The van der Waals surface area contributed by atoms with Crippen LogP contribution in [0.2, 0.25) is 0 Å². The van der Waals surface area contributed by atoms with Crippen molar-refractivity contribution < 1.29 is 57.7 Å². The van der Waals surface area contributed by atoms with Crippen molar-refractivity contribution in [2.45, 2.75) is 20.8 Å². The molecule has 1 aromatic carbocycles. The summed E-state index contributed by atoms with van der Waals surface area (Å²) in [7, 11) is -13.9. The van der Waals surface area contributed by atoms with Gasteiger partial charge in [0.05, 0.1) is 0 Å². The van der Waals surface area contributed by atoms with Crippen LogP contribution in [0.1, 0.15) is 16.7 Å². The third-order valence-electron chi connectivity index (χ3n) is 1.37. The van der Waals surface area contributed by atoms with Crippen molar-refractivity contribution in [2.24, 2.45) is 0 Å². The summed E-state index contributed by atoms with van der Waals surface area (Å²) >= 11 is 0. The first-order valence-electron chi connectivity index (χ1n) is 5.58. The van der Waals surface area contributed by atoms with E-state index in [9.17, 15) is 0 Å². The molecule has 0 radical (unpaired) electrons. The van der Waals surface area contributed by atoms with Gasteiger partial charge in [-0.25, -0.2) is 13.7 Å². The Kier molecular flexibility index (Phi) is 14.2. The first kappa shape index (κ1) is 28.4. The first-order valence-corrected chi connectivity index (χ1v) is 10.3. The van der Waals surface area contributed by atoms with Crippen molar-refractivity contribution in [1.82, 2.24) is 0 Å². The van der Waals surface area contributed by atoms with E-state index in [1.54, 1.807) is 0 Å². The standard InChI is InChI=1S/C9H12.3H3O4P/c1-7-4-8(2)6-9(3)5-7;3*1-5(2,3)4/h4-6H,1-3H3;3*(H3,1,2,3,4). The van der Waals surface area contributed by atoms with Gasteiger partial charge in [0, 0.05) is 0 Å². The summed E-state index contributed by atoms with van der Waals surface area (Å²) < 4.78 is 26.6. The maximum absolute atomic E-state index is 8.88. The van der Waals surface area contributed by atoms with E-state index in [0.29, 0.717) is 0 Å². The fourth-order valence-corrected chi connectivity index (χ4v) is 1.20. The van der Waals surface area contributed by atoms with Gasteiger partial charge in [-0.05, 0) is 20.8 Å². The molecule has 0 aromatic heterocycles. The average Bonchev–Trinajstić information content (AvgIpc) is 2.04. The Bertz CT molecular complexity index is 489. The molecule has 24 heavy (non-hydrogen) atoms. The molecular formula is C9H21O12P3. The lowest BCUT2D eigenvalue weighted by Crippen LogP contribution is -1.78. The molecule has 0 aliphatic carbocycles. The van der Waals surface area contributed by atoms with Crippen LogP contribution in [-0.4, -0.2) is 44.0 Å². The molecule has 0 bridgehead atoms. The van der Waals surface area contributed by atoms with Gasteiger partial charge in [-0.15, -0.1) is 0 Å². The molecule has 0 spiro atoms. The topological polar surface area (TPSA) is 233 Å². The van der Waals surface area contributed by atoms with Gasteiger partial charge in [-0.1, -0.05) is 34.9 Å². The fraction of sp³-hybridized carbons (Fsp3) is 0.333. The Morgan fingerprint density at radius 3 is 0.667 bits per heavy atom. The average molecular weight is 414 g/mol. The van der Waals surface area contributed by atoms with Gasteiger partial charge in [0.15, 0.2) is 0 Å². The van der Waals surface area contributed by atoms with Gasteiger partial charge in [0.25, 0.3) is 0 Å². The molecule has 0 aliphatic heterocycles. The Labute approximate surface area is 137 Å². The molecule has 1 rings (SSSR count). The highest BCUT2D eigenvalue weighted by Gasteiger charge is 2.01. The number of rotatable bonds is 0. The van der Waals surface area contributed by atoms with Crippen molar-refractivity contribution in [3.8, 4) is 0 Å². The summed E-state index contributed by atoms with van der Waals surface area (Å²) in [6.07, 6.45) is 0. The summed E-state index contributed by atoms with van der Waals surface area (Å²) in [4.78, 5) is 64.7. The minimum atomic E-state index is -4.64. The van der Waals surface area contributed by atoms with Gasteiger partial charge in [-0.3, -0.25) is 0 Å². The summed E-state index contributed by atoms with van der Waals surface area (Å²) in [5.41, 5.74) is 4.06. The van der Waals surface area contributed by atoms with Crippen LogP contribution in [0, 0.1) is 20.8 Å². The van der Waals surface area contributed by atoms with E-state index >= 15 is 0 Å². The number of hydrogen-bond donors (Lipinski definition) is 9. The third kappa shape index (κ3) is 68.2. The maximum atomic E-state index is 8.88. The molecule has 15 heteroatoms. The molecule has 0 fully saturated rings. The summed E-state index contributed by atoms with van der Waals surface area (Å²) in [6.45, 7) is 6.38. The monoisotopic (exact) mass is 414 g/mol. The summed E-state index contributed by atoms with van der Waals surface area (Å²) in [5.74, 6) is 0. The van der Waals surface area contributed by atoms with E-state index in [-0.39, 0.29) is 0 Å². The van der Waals surface area contributed by atoms with Crippen LogP contribution in [0.4, 0.5) is 0 Å². The van der Waals surface area contributed by atoms with E-state index in [1.165, 1.54) is 16.7 Å². The van der Waals surface area contributed by atoms with Crippen LogP contribution in [0.5, 0.6) is 0 Å². The Balaban J connectivity index is -0.000000259. The largest absolute Gasteiger partial charge is 0.466 e. The van der Waals surface area contributed by atoms with Crippen LogP contribution in [0.15, 0.2) is 18.2 Å². The smallest absolute Gasteiger partial charge is 0.303 e. The van der Waals surface area contributed by atoms with E-state index in [2.05, 4.69) is 39.0 Å². The normalized spacial score (nSPS) is 11.0. The van der Waals surface area contributed by atoms with Crippen molar-refractivity contribution in [3.63, 3.8) is 0 Å². The molecule has 0 aliphatic rings. The number of phosphoric acid groups is 3. The molecule has 0 saturated carbocycles. The highest BCUT2D eigenvalue weighted by atomic mass is 31.2. The Hall–Kier alpha value is -0.450. The van der Waals surface area contributed by atoms with Crippen LogP contribution < -0.4 is 0 Å². The predicted octanol–water partition coefficient (Wildman–Crippen LogP) is -0.174. The second-order valence-corrected chi connectivity index (χ2v) is 7.28. The number of benzene rings is 1. The van der Waals surface area contributed by atoms with Crippen LogP contribution in [-0.2, 0) is 13.7 Å². The highest BCUT2D eigenvalue weighted by Crippen LogP contribution is 2.26. The molecule has 144 valence electrons. The predicted molar refractivity (Wildman–Crippen MR) is 83.4 cm³/mol. The van der Waals surface area contributed by atoms with Gasteiger partial charge >= 0.3 is 23.5 Å². The van der Waals surface area contributed by atoms with Crippen LogP contribution in [0.25, 0.3) is 0 Å². The Morgan fingerprint density at radius 1 is 0.500 bits per heavy atom. The van der Waals surface area contributed by atoms with Gasteiger partial charge in [0.2, 0.25) is 0 Å². The maximum Gasteiger partial charge on any atom is 0.466 e. The molecule has 0 heterocycles. The SMILES string of the molecule is Cc1cc(C)cc(C)c1.O=P(O)(O)O.O=P(O)(O)O.O=P(O)(O)O. The zero-order chi connectivity index (χ0) is 20.4. The van der Waals surface area contributed by atoms with Crippen molar-refractivity contribution >= 4 is 23.5 Å². The molecule has 0 amide bonds. The molecular weight excluding hydrogens is 393 g/mol. The molecule has 0 unspecified atom stereocenters. The zero-order valence-corrected chi connectivity index (χ0v) is 15.5. The summed E-state index contributed by atoms with van der Waals surface area (Å²) in [6, 6.07) is 6.56. The lowest BCUT2D eigenvalue weighted by atomic mass is 10.1. The molecule has 9 N–H and O–H groups in total. The van der Waals surface area contributed by atoms with Crippen molar-refractivity contribution in [2.75, 3.05) is 0 Å². The molecule has 12 nitrogen and oxygen atoms in total. The lowest BCUT2D eigenvalue weighted by Gasteiger charge is -1.96. The zero-order valence-electron chi connectivity index (χ0n) is 12.8. The Morgan fingerprint density at radius 2 is 0.583 bits per heavy atom. The first-order chi connectivity index (χ1) is 10.2. The number of aryl methyl sites for hydroxylation is 3. The van der Waals surface area contributed by atoms with Gasteiger partial charge in [0.1, 0.15) is 0 Å². The summed E-state index contributed by atoms with van der Waals surface area (Å²) in [5, 5.41) is 0. The van der Waals surface area contributed by atoms with Crippen molar-refractivity contribution in [3.05, 3.63) is 34.9 Å². The van der Waals surface area contributed by atoms with Crippen LogP contribution in [0.3, 0.4) is 0 Å². The van der Waals surface area contributed by atoms with Crippen LogP contribution >= 0.6 is 23.5 Å². The minimum Gasteiger partial charge on any atom is -0.303 e. The van der Waals surface area contributed by atoms with Crippen molar-refractivity contribution in [1.29, 1.82) is 0 Å². The van der Waals surface area contributed by atoms with E-state index < -0.39 is 23.5 Å². The third-order valence-corrected chi connectivity index (χ3v) is 1.37. The molecule has 0 saturated heterocycles. The van der Waals surface area contributed by atoms with E-state index in [0.717, 1.165) is 0 Å². The van der Waals surface area contributed by atoms with Gasteiger partial charge in [-0.2, -0.15) is 0 Å². The second kappa shape index (κ2) is 12.0. The second-order valence-electron chi connectivity index (χ2n) is 4.20. The molecule has 0 atom stereocenters.